The Balaban J connectivity index is 1.74. The van der Waals surface area contributed by atoms with E-state index in [2.05, 4.69) is 39.4 Å². The highest BCUT2D eigenvalue weighted by Gasteiger charge is 2.20. The summed E-state index contributed by atoms with van der Waals surface area (Å²) in [4.78, 5) is 11.3. The van der Waals surface area contributed by atoms with Crippen molar-refractivity contribution in [2.75, 3.05) is 33.2 Å². The minimum absolute atomic E-state index is 0.554. The third-order valence-corrected chi connectivity index (χ3v) is 4.49. The zero-order valence-corrected chi connectivity index (χ0v) is 15.9. The lowest BCUT2D eigenvalue weighted by molar-refractivity contribution is 0.159. The summed E-state index contributed by atoms with van der Waals surface area (Å²) in [6.45, 7) is 13.6. The van der Waals surface area contributed by atoms with Crippen LogP contribution in [0.4, 0.5) is 0 Å². The van der Waals surface area contributed by atoms with Gasteiger partial charge in [-0.3, -0.25) is 4.99 Å². The van der Waals surface area contributed by atoms with Crippen LogP contribution in [0.1, 0.15) is 44.0 Å². The molecule has 1 fully saturated rings. The first-order chi connectivity index (χ1) is 11.5. The molecule has 1 aromatic rings. The number of aryl methyl sites for hydroxylation is 2. The van der Waals surface area contributed by atoms with Gasteiger partial charge in [0.25, 0.3) is 0 Å². The van der Waals surface area contributed by atoms with E-state index in [0.29, 0.717) is 18.4 Å². The third-order valence-electron chi connectivity index (χ3n) is 4.49. The molecule has 1 aliphatic rings. The van der Waals surface area contributed by atoms with Crippen molar-refractivity contribution in [3.8, 4) is 0 Å². The number of piperidine rings is 1. The number of nitrogens with one attached hydrogen (secondary N) is 2. The average molecular weight is 335 g/mol. The molecule has 0 radical (unpaired) electrons. The second-order valence-electron chi connectivity index (χ2n) is 7.22. The van der Waals surface area contributed by atoms with E-state index in [0.717, 1.165) is 29.9 Å². The van der Waals surface area contributed by atoms with Gasteiger partial charge in [-0.05, 0) is 45.1 Å². The molecule has 1 atom stereocenters. The van der Waals surface area contributed by atoms with Gasteiger partial charge >= 0.3 is 0 Å². The van der Waals surface area contributed by atoms with Crippen LogP contribution in [0.5, 0.6) is 0 Å². The van der Waals surface area contributed by atoms with Crippen LogP contribution in [0.2, 0.25) is 0 Å². The van der Waals surface area contributed by atoms with Crippen molar-refractivity contribution in [2.24, 2.45) is 16.8 Å². The van der Waals surface area contributed by atoms with Gasteiger partial charge in [0.1, 0.15) is 5.76 Å². The third kappa shape index (κ3) is 5.82. The molecule has 0 aliphatic carbocycles. The van der Waals surface area contributed by atoms with Crippen molar-refractivity contribution in [3.05, 3.63) is 17.3 Å². The van der Waals surface area contributed by atoms with Crippen molar-refractivity contribution < 1.29 is 4.42 Å². The number of nitrogens with zero attached hydrogens (tertiary/aromatic N) is 3. The van der Waals surface area contributed by atoms with Crippen molar-refractivity contribution in [3.63, 3.8) is 0 Å². The maximum Gasteiger partial charge on any atom is 0.214 e. The molecule has 1 unspecified atom stereocenters. The van der Waals surface area contributed by atoms with Crippen LogP contribution >= 0.6 is 0 Å². The molecule has 0 amide bonds. The van der Waals surface area contributed by atoms with Gasteiger partial charge in [-0.15, -0.1) is 0 Å². The highest BCUT2D eigenvalue weighted by molar-refractivity contribution is 5.79. The standard InChI is InChI=1S/C18H33N5O/c1-13(2)11-23-8-6-7-16(12-23)9-20-18(19-5)21-10-17-22-14(3)15(4)24-17/h13,16H,6-12H2,1-5H3,(H2,19,20,21). The molecule has 1 aliphatic heterocycles. The van der Waals surface area contributed by atoms with Crippen LogP contribution in [0.3, 0.4) is 0 Å². The monoisotopic (exact) mass is 335 g/mol. The largest absolute Gasteiger partial charge is 0.444 e. The number of aromatic nitrogens is 1. The van der Waals surface area contributed by atoms with Gasteiger partial charge in [0.15, 0.2) is 5.96 Å². The minimum atomic E-state index is 0.554. The second kappa shape index (κ2) is 9.06. The molecule has 24 heavy (non-hydrogen) atoms. The Bertz CT molecular complexity index is 518. The number of oxazole rings is 1. The van der Waals surface area contributed by atoms with Gasteiger partial charge in [-0.2, -0.15) is 0 Å². The van der Waals surface area contributed by atoms with E-state index in [-0.39, 0.29) is 0 Å². The van der Waals surface area contributed by atoms with E-state index in [4.69, 9.17) is 4.42 Å². The Hall–Kier alpha value is -1.56. The Labute approximate surface area is 146 Å². The minimum Gasteiger partial charge on any atom is -0.444 e. The first kappa shape index (κ1) is 18.8. The summed E-state index contributed by atoms with van der Waals surface area (Å²) in [6, 6.07) is 0. The van der Waals surface area contributed by atoms with Crippen molar-refractivity contribution in [1.82, 2.24) is 20.5 Å². The molecule has 0 aromatic carbocycles. The van der Waals surface area contributed by atoms with E-state index in [9.17, 15) is 0 Å². The van der Waals surface area contributed by atoms with Crippen molar-refractivity contribution in [2.45, 2.75) is 47.1 Å². The lowest BCUT2D eigenvalue weighted by atomic mass is 9.97. The quantitative estimate of drug-likeness (QED) is 0.617. The summed E-state index contributed by atoms with van der Waals surface area (Å²) in [5.74, 6) is 3.81. The van der Waals surface area contributed by atoms with Gasteiger partial charge in [0, 0.05) is 26.7 Å². The molecule has 0 spiro atoms. The van der Waals surface area contributed by atoms with Crippen LogP contribution in [0.15, 0.2) is 9.41 Å². The number of likely N-dealkylation sites (tertiary alicyclic amines) is 1. The van der Waals surface area contributed by atoms with E-state index >= 15 is 0 Å². The molecular formula is C18H33N5O. The Kier molecular flexibility index (Phi) is 7.09. The maximum absolute atomic E-state index is 5.59. The number of hydrogen-bond donors (Lipinski definition) is 2. The van der Waals surface area contributed by atoms with Crippen LogP contribution in [0, 0.1) is 25.7 Å². The molecule has 2 N–H and O–H groups in total. The number of rotatable bonds is 6. The zero-order valence-electron chi connectivity index (χ0n) is 15.9. The number of aliphatic imine (C=N–C) groups is 1. The highest BCUT2D eigenvalue weighted by atomic mass is 16.4. The topological polar surface area (TPSA) is 65.7 Å². The fraction of sp³-hybridized carbons (Fsp3) is 0.778. The molecule has 136 valence electrons. The van der Waals surface area contributed by atoms with E-state index in [1.807, 2.05) is 13.8 Å². The normalized spacial score (nSPS) is 19.8. The molecule has 2 heterocycles. The van der Waals surface area contributed by atoms with Gasteiger partial charge < -0.3 is 20.0 Å². The maximum atomic E-state index is 5.59. The molecule has 2 rings (SSSR count). The summed E-state index contributed by atoms with van der Waals surface area (Å²) in [5.41, 5.74) is 0.946. The summed E-state index contributed by atoms with van der Waals surface area (Å²) in [6.07, 6.45) is 2.58. The van der Waals surface area contributed by atoms with Gasteiger partial charge in [-0.1, -0.05) is 13.8 Å². The molecule has 1 saturated heterocycles. The molecular weight excluding hydrogens is 302 g/mol. The fourth-order valence-corrected chi connectivity index (χ4v) is 3.24. The van der Waals surface area contributed by atoms with Crippen LogP contribution in [0.25, 0.3) is 0 Å². The van der Waals surface area contributed by atoms with Gasteiger partial charge in [-0.25, -0.2) is 4.98 Å². The average Bonchev–Trinajstić information content (AvgIpc) is 2.85. The SMILES string of the molecule is CN=C(NCc1nc(C)c(C)o1)NCC1CCCN(CC(C)C)C1. The van der Waals surface area contributed by atoms with E-state index in [1.165, 1.54) is 32.5 Å². The van der Waals surface area contributed by atoms with E-state index in [1.54, 1.807) is 7.05 Å². The molecule has 0 saturated carbocycles. The number of guanidine groups is 1. The van der Waals surface area contributed by atoms with Crippen molar-refractivity contribution in [1.29, 1.82) is 0 Å². The van der Waals surface area contributed by atoms with Crippen LogP contribution in [-0.4, -0.2) is 49.1 Å². The molecule has 1 aromatic heterocycles. The van der Waals surface area contributed by atoms with Gasteiger partial charge in [0.2, 0.25) is 5.89 Å². The first-order valence-corrected chi connectivity index (χ1v) is 9.07. The lowest BCUT2D eigenvalue weighted by Crippen LogP contribution is -2.45. The summed E-state index contributed by atoms with van der Waals surface area (Å²) >= 11 is 0. The van der Waals surface area contributed by atoms with Crippen LogP contribution in [-0.2, 0) is 6.54 Å². The second-order valence-corrected chi connectivity index (χ2v) is 7.22. The summed E-state index contributed by atoms with van der Waals surface area (Å²) < 4.78 is 5.59. The predicted octanol–water partition coefficient (Wildman–Crippen LogP) is 2.32. The molecule has 6 heteroatoms. The summed E-state index contributed by atoms with van der Waals surface area (Å²) in [7, 11) is 1.80. The van der Waals surface area contributed by atoms with Gasteiger partial charge in [0.05, 0.1) is 12.2 Å². The Morgan fingerprint density at radius 1 is 1.38 bits per heavy atom. The highest BCUT2D eigenvalue weighted by Crippen LogP contribution is 2.16. The zero-order chi connectivity index (χ0) is 17.5. The first-order valence-electron chi connectivity index (χ1n) is 9.07. The molecule has 6 nitrogen and oxygen atoms in total. The fourth-order valence-electron chi connectivity index (χ4n) is 3.24. The van der Waals surface area contributed by atoms with Crippen LogP contribution < -0.4 is 10.6 Å². The Morgan fingerprint density at radius 3 is 2.79 bits per heavy atom. The lowest BCUT2D eigenvalue weighted by Gasteiger charge is -2.34. The van der Waals surface area contributed by atoms with E-state index < -0.39 is 0 Å². The predicted molar refractivity (Wildman–Crippen MR) is 98.2 cm³/mol. The van der Waals surface area contributed by atoms with Crippen molar-refractivity contribution >= 4 is 5.96 Å². The smallest absolute Gasteiger partial charge is 0.214 e. The summed E-state index contributed by atoms with van der Waals surface area (Å²) in [5, 5.41) is 6.73. The number of hydrogen-bond acceptors (Lipinski definition) is 4. The Morgan fingerprint density at radius 2 is 2.17 bits per heavy atom. The molecule has 0 bridgehead atoms.